The molecule has 20 heavy (non-hydrogen) atoms. The molecule has 0 atom stereocenters. The maximum Gasteiger partial charge on any atom is 0.284 e. The maximum atomic E-state index is 11.5. The second kappa shape index (κ2) is 6.21. The van der Waals surface area contributed by atoms with Crippen LogP contribution in [0.1, 0.15) is 20.3 Å². The van der Waals surface area contributed by atoms with Crippen LogP contribution in [0, 0.1) is 0 Å². The van der Waals surface area contributed by atoms with E-state index >= 15 is 0 Å². The first kappa shape index (κ1) is 16.4. The fourth-order valence-electron chi connectivity index (χ4n) is 1.27. The minimum atomic E-state index is -3.35. The first-order valence-corrected chi connectivity index (χ1v) is 7.72. The second-order valence-corrected chi connectivity index (χ2v) is 6.22. The summed E-state index contributed by atoms with van der Waals surface area (Å²) < 4.78 is 25.1. The Morgan fingerprint density at radius 2 is 1.65 bits per heavy atom. The van der Waals surface area contributed by atoms with E-state index in [1.54, 1.807) is 0 Å². The molecule has 0 saturated carbocycles. The second-order valence-electron chi connectivity index (χ2n) is 4.21. The van der Waals surface area contributed by atoms with Gasteiger partial charge in [-0.15, -0.1) is 0 Å². The van der Waals surface area contributed by atoms with Gasteiger partial charge in [0, 0.05) is 17.8 Å². The summed E-state index contributed by atoms with van der Waals surface area (Å²) in [5.41, 5.74) is 0.690. The number of rotatable bonds is 6. The first-order chi connectivity index (χ1) is 9.20. The number of carbonyl (C=O) groups excluding carboxylic acids is 1. The molecule has 0 unspecified atom stereocenters. The molecule has 0 fully saturated rings. The van der Waals surface area contributed by atoms with E-state index in [9.17, 15) is 23.4 Å². The lowest BCUT2D eigenvalue weighted by Crippen LogP contribution is -2.42. The van der Waals surface area contributed by atoms with Crippen LogP contribution >= 0.6 is 0 Å². The van der Waals surface area contributed by atoms with Gasteiger partial charge in [0.25, 0.3) is 5.91 Å². The predicted octanol–water partition coefficient (Wildman–Crippen LogP) is 0.478. The lowest BCUT2D eigenvalue weighted by Gasteiger charge is -2.18. The normalized spacial score (nSPS) is 12.0. The van der Waals surface area contributed by atoms with E-state index in [0.717, 1.165) is 0 Å². The van der Waals surface area contributed by atoms with Gasteiger partial charge in [-0.25, -0.2) is 8.42 Å². The summed E-state index contributed by atoms with van der Waals surface area (Å²) in [6, 6.07) is 5.84. The van der Waals surface area contributed by atoms with Crippen molar-refractivity contribution < 1.29 is 23.4 Å². The van der Waals surface area contributed by atoms with Gasteiger partial charge in [-0.05, 0) is 31.2 Å². The molecule has 0 bridgehead atoms. The number of aliphatic hydroxyl groups is 2. The SMILES string of the molecule is CCC(O)(O)C(=O)Nc1ccc(NS(=O)(=O)CC)cc1. The van der Waals surface area contributed by atoms with Gasteiger partial charge < -0.3 is 15.5 Å². The number of nitrogens with one attached hydrogen (secondary N) is 2. The summed E-state index contributed by atoms with van der Waals surface area (Å²) in [5, 5.41) is 21.0. The molecule has 0 aliphatic carbocycles. The molecule has 0 aliphatic heterocycles. The van der Waals surface area contributed by atoms with Crippen molar-refractivity contribution in [2.75, 3.05) is 15.8 Å². The highest BCUT2D eigenvalue weighted by Gasteiger charge is 2.30. The fourth-order valence-corrected chi connectivity index (χ4v) is 1.90. The van der Waals surface area contributed by atoms with Gasteiger partial charge in [0.1, 0.15) is 0 Å². The van der Waals surface area contributed by atoms with E-state index < -0.39 is 21.7 Å². The average Bonchev–Trinajstić information content (AvgIpc) is 2.40. The van der Waals surface area contributed by atoms with Crippen molar-refractivity contribution in [3.05, 3.63) is 24.3 Å². The molecule has 7 nitrogen and oxygen atoms in total. The van der Waals surface area contributed by atoms with Crippen molar-refractivity contribution in [2.45, 2.75) is 26.1 Å². The Labute approximate surface area is 117 Å². The lowest BCUT2D eigenvalue weighted by molar-refractivity contribution is -0.180. The zero-order valence-corrected chi connectivity index (χ0v) is 12.1. The van der Waals surface area contributed by atoms with Crippen LogP contribution < -0.4 is 10.0 Å². The van der Waals surface area contributed by atoms with Gasteiger partial charge in [0.05, 0.1) is 5.75 Å². The summed E-state index contributed by atoms with van der Waals surface area (Å²) in [4.78, 5) is 11.5. The first-order valence-electron chi connectivity index (χ1n) is 6.07. The highest BCUT2D eigenvalue weighted by molar-refractivity contribution is 7.92. The van der Waals surface area contributed by atoms with Crippen LogP contribution in [0.5, 0.6) is 0 Å². The molecular formula is C12H18N2O5S. The molecule has 0 heterocycles. The Bertz CT molecular complexity index is 566. The van der Waals surface area contributed by atoms with E-state index in [0.29, 0.717) is 11.4 Å². The van der Waals surface area contributed by atoms with Crippen molar-refractivity contribution >= 4 is 27.3 Å². The Morgan fingerprint density at radius 3 is 2.10 bits per heavy atom. The summed E-state index contributed by atoms with van der Waals surface area (Å²) in [6.45, 7) is 2.98. The number of hydrogen-bond acceptors (Lipinski definition) is 5. The predicted molar refractivity (Wildman–Crippen MR) is 75.6 cm³/mol. The number of anilines is 2. The van der Waals surface area contributed by atoms with E-state index in [-0.39, 0.29) is 12.2 Å². The number of amides is 1. The van der Waals surface area contributed by atoms with Crippen LogP contribution in [-0.2, 0) is 14.8 Å². The van der Waals surface area contributed by atoms with Crippen LogP contribution in [0.4, 0.5) is 11.4 Å². The maximum absolute atomic E-state index is 11.5. The molecule has 1 aromatic carbocycles. The van der Waals surface area contributed by atoms with Crippen molar-refractivity contribution in [3.63, 3.8) is 0 Å². The molecule has 0 saturated heterocycles. The molecule has 0 aliphatic rings. The summed E-state index contributed by atoms with van der Waals surface area (Å²) in [7, 11) is -3.35. The van der Waals surface area contributed by atoms with E-state index in [1.807, 2.05) is 0 Å². The zero-order chi connectivity index (χ0) is 15.4. The highest BCUT2D eigenvalue weighted by atomic mass is 32.2. The van der Waals surface area contributed by atoms with Crippen LogP contribution in [0.25, 0.3) is 0 Å². The molecular weight excluding hydrogens is 284 g/mol. The van der Waals surface area contributed by atoms with Crippen molar-refractivity contribution in [1.29, 1.82) is 0 Å². The zero-order valence-electron chi connectivity index (χ0n) is 11.3. The van der Waals surface area contributed by atoms with Gasteiger partial charge in [-0.3, -0.25) is 9.52 Å². The van der Waals surface area contributed by atoms with E-state index in [2.05, 4.69) is 10.0 Å². The minimum Gasteiger partial charge on any atom is -0.358 e. The monoisotopic (exact) mass is 302 g/mol. The molecule has 4 N–H and O–H groups in total. The molecule has 8 heteroatoms. The fraction of sp³-hybridized carbons (Fsp3) is 0.417. The molecule has 0 aromatic heterocycles. The average molecular weight is 302 g/mol. The topological polar surface area (TPSA) is 116 Å². The van der Waals surface area contributed by atoms with Gasteiger partial charge in [0.2, 0.25) is 15.8 Å². The minimum absolute atomic E-state index is 0.0421. The summed E-state index contributed by atoms with van der Waals surface area (Å²) in [6.07, 6.45) is -0.146. The molecule has 0 spiro atoms. The third-order valence-electron chi connectivity index (χ3n) is 2.65. The van der Waals surface area contributed by atoms with Crippen LogP contribution in [0.2, 0.25) is 0 Å². The van der Waals surface area contributed by atoms with Crippen LogP contribution in [-0.4, -0.2) is 36.1 Å². The quantitative estimate of drug-likeness (QED) is 0.570. The van der Waals surface area contributed by atoms with Gasteiger partial charge in [-0.2, -0.15) is 0 Å². The lowest BCUT2D eigenvalue weighted by atomic mass is 10.2. The third-order valence-corrected chi connectivity index (χ3v) is 3.96. The highest BCUT2D eigenvalue weighted by Crippen LogP contribution is 2.16. The van der Waals surface area contributed by atoms with Crippen molar-refractivity contribution in [3.8, 4) is 0 Å². The summed E-state index contributed by atoms with van der Waals surface area (Å²) >= 11 is 0. The van der Waals surface area contributed by atoms with Crippen molar-refractivity contribution in [2.24, 2.45) is 0 Å². The molecule has 1 rings (SSSR count). The Kier molecular flexibility index (Phi) is 5.09. The molecule has 0 radical (unpaired) electrons. The van der Waals surface area contributed by atoms with Gasteiger partial charge >= 0.3 is 0 Å². The standard InChI is InChI=1S/C12H18N2O5S/c1-3-12(16,17)11(15)13-9-5-7-10(8-6-9)14-20(18,19)4-2/h5-8,14,16-17H,3-4H2,1-2H3,(H,13,15). The molecule has 1 amide bonds. The molecule has 112 valence electrons. The number of sulfonamides is 1. The van der Waals surface area contributed by atoms with Gasteiger partial charge in [0.15, 0.2) is 0 Å². The molecule has 1 aromatic rings. The Hall–Kier alpha value is -1.64. The Morgan fingerprint density at radius 1 is 1.15 bits per heavy atom. The largest absolute Gasteiger partial charge is 0.358 e. The van der Waals surface area contributed by atoms with Crippen LogP contribution in [0.15, 0.2) is 24.3 Å². The number of hydrogen-bond donors (Lipinski definition) is 4. The summed E-state index contributed by atoms with van der Waals surface area (Å²) in [5.74, 6) is -3.41. The van der Waals surface area contributed by atoms with E-state index in [1.165, 1.54) is 38.1 Å². The van der Waals surface area contributed by atoms with E-state index in [4.69, 9.17) is 0 Å². The number of benzene rings is 1. The third kappa shape index (κ3) is 4.48. The Balaban J connectivity index is 2.75. The smallest absolute Gasteiger partial charge is 0.284 e. The number of carbonyl (C=O) groups is 1. The van der Waals surface area contributed by atoms with Crippen LogP contribution in [0.3, 0.4) is 0 Å². The van der Waals surface area contributed by atoms with Gasteiger partial charge in [-0.1, -0.05) is 6.92 Å². The van der Waals surface area contributed by atoms with Crippen molar-refractivity contribution in [1.82, 2.24) is 0 Å².